The van der Waals surface area contributed by atoms with E-state index in [9.17, 15) is 0 Å². The molecule has 2 nitrogen and oxygen atoms in total. The zero-order valence-corrected chi connectivity index (χ0v) is 11.3. The van der Waals surface area contributed by atoms with E-state index in [4.69, 9.17) is 4.74 Å². The lowest BCUT2D eigenvalue weighted by atomic mass is 10.2. The molecule has 0 unspecified atom stereocenters. The van der Waals surface area contributed by atoms with Gasteiger partial charge in [-0.1, -0.05) is 13.8 Å². The summed E-state index contributed by atoms with van der Waals surface area (Å²) in [5.41, 5.74) is 0.0217. The third kappa shape index (κ3) is 10.2. The van der Waals surface area contributed by atoms with E-state index in [-0.39, 0.29) is 5.60 Å². The second-order valence-corrected chi connectivity index (χ2v) is 5.10. The maximum atomic E-state index is 5.69. The number of ether oxygens (including phenoxy) is 1. The first-order valence-electron chi connectivity index (χ1n) is 6.36. The summed E-state index contributed by atoms with van der Waals surface area (Å²) in [6.45, 7) is 15.3. The number of hydrogen-bond donors (Lipinski definition) is 0. The van der Waals surface area contributed by atoms with Crippen LogP contribution in [-0.4, -0.2) is 36.7 Å². The van der Waals surface area contributed by atoms with E-state index in [1.807, 2.05) is 0 Å². The largest absolute Gasteiger partial charge is 0.376 e. The van der Waals surface area contributed by atoms with Crippen LogP contribution in [-0.2, 0) is 4.74 Å². The van der Waals surface area contributed by atoms with Gasteiger partial charge in [0.2, 0.25) is 0 Å². The van der Waals surface area contributed by atoms with Crippen molar-refractivity contribution in [2.75, 3.05) is 26.2 Å². The Morgan fingerprint density at radius 2 is 1.67 bits per heavy atom. The third-order valence-corrected chi connectivity index (χ3v) is 2.39. The Balaban J connectivity index is 3.36. The molecule has 15 heavy (non-hydrogen) atoms. The van der Waals surface area contributed by atoms with Gasteiger partial charge in [0.25, 0.3) is 0 Å². The highest BCUT2D eigenvalue weighted by Crippen LogP contribution is 2.07. The maximum Gasteiger partial charge on any atom is 0.0598 e. The van der Waals surface area contributed by atoms with Crippen molar-refractivity contribution in [2.45, 2.75) is 59.5 Å². The summed E-state index contributed by atoms with van der Waals surface area (Å²) in [5, 5.41) is 0. The van der Waals surface area contributed by atoms with Crippen LogP contribution in [0.15, 0.2) is 0 Å². The van der Waals surface area contributed by atoms with Gasteiger partial charge < -0.3 is 9.64 Å². The average Bonchev–Trinajstić information content (AvgIpc) is 2.14. The molecule has 0 saturated heterocycles. The summed E-state index contributed by atoms with van der Waals surface area (Å²) in [7, 11) is 0. The quantitative estimate of drug-likeness (QED) is 0.576. The van der Waals surface area contributed by atoms with E-state index in [0.717, 1.165) is 6.61 Å². The summed E-state index contributed by atoms with van der Waals surface area (Å²) in [6, 6.07) is 0. The fraction of sp³-hybridized carbons (Fsp3) is 1.00. The average molecular weight is 215 g/mol. The van der Waals surface area contributed by atoms with Gasteiger partial charge in [-0.2, -0.15) is 0 Å². The predicted molar refractivity (Wildman–Crippen MR) is 67.3 cm³/mol. The van der Waals surface area contributed by atoms with Gasteiger partial charge in [-0.3, -0.25) is 0 Å². The highest BCUT2D eigenvalue weighted by Gasteiger charge is 2.09. The summed E-state index contributed by atoms with van der Waals surface area (Å²) in [6.07, 6.45) is 3.69. The zero-order chi connectivity index (χ0) is 11.7. The lowest BCUT2D eigenvalue weighted by Crippen LogP contribution is -2.26. The van der Waals surface area contributed by atoms with Crippen molar-refractivity contribution in [2.24, 2.45) is 0 Å². The molecule has 0 atom stereocenters. The predicted octanol–water partition coefficient (Wildman–Crippen LogP) is 3.31. The molecule has 0 aromatic heterocycles. The van der Waals surface area contributed by atoms with Gasteiger partial charge >= 0.3 is 0 Å². The van der Waals surface area contributed by atoms with Crippen LogP contribution in [0.4, 0.5) is 0 Å². The lowest BCUT2D eigenvalue weighted by molar-refractivity contribution is -0.00526. The van der Waals surface area contributed by atoms with Crippen molar-refractivity contribution in [3.8, 4) is 0 Å². The number of nitrogens with zero attached hydrogens (tertiary/aromatic N) is 1. The highest BCUT2D eigenvalue weighted by molar-refractivity contribution is 4.59. The Kier molecular flexibility index (Phi) is 8.07. The first-order valence-corrected chi connectivity index (χ1v) is 6.36. The Bertz CT molecular complexity index is 140. The highest BCUT2D eigenvalue weighted by atomic mass is 16.5. The van der Waals surface area contributed by atoms with Crippen LogP contribution < -0.4 is 0 Å². The van der Waals surface area contributed by atoms with Gasteiger partial charge in [-0.25, -0.2) is 0 Å². The van der Waals surface area contributed by atoms with Crippen LogP contribution in [0, 0.1) is 0 Å². The minimum Gasteiger partial charge on any atom is -0.376 e. The Labute approximate surface area is 96.0 Å². The molecule has 2 heteroatoms. The first kappa shape index (κ1) is 14.9. The van der Waals surface area contributed by atoms with Crippen molar-refractivity contribution in [3.05, 3.63) is 0 Å². The van der Waals surface area contributed by atoms with Crippen molar-refractivity contribution in [3.63, 3.8) is 0 Å². The van der Waals surface area contributed by atoms with Crippen LogP contribution in [0.5, 0.6) is 0 Å². The molecule has 0 amide bonds. The molecular weight excluding hydrogens is 186 g/mol. The standard InChI is InChI=1S/C13H29NO/c1-6-10-14(7-2)11-8-9-12-15-13(3,4)5/h6-12H2,1-5H3. The van der Waals surface area contributed by atoms with E-state index in [0.29, 0.717) is 0 Å². The molecule has 0 heterocycles. The zero-order valence-electron chi connectivity index (χ0n) is 11.3. The third-order valence-electron chi connectivity index (χ3n) is 2.39. The van der Waals surface area contributed by atoms with Gasteiger partial charge in [0.05, 0.1) is 5.60 Å². The van der Waals surface area contributed by atoms with Gasteiger partial charge in [0.1, 0.15) is 0 Å². The van der Waals surface area contributed by atoms with Crippen molar-refractivity contribution < 1.29 is 4.74 Å². The van der Waals surface area contributed by atoms with Crippen LogP contribution in [0.1, 0.15) is 53.9 Å². The van der Waals surface area contributed by atoms with E-state index >= 15 is 0 Å². The normalized spacial score (nSPS) is 12.4. The molecule has 0 aromatic rings. The van der Waals surface area contributed by atoms with Gasteiger partial charge in [-0.05, 0) is 59.7 Å². The molecule has 0 fully saturated rings. The van der Waals surface area contributed by atoms with Crippen molar-refractivity contribution in [1.82, 2.24) is 4.90 Å². The van der Waals surface area contributed by atoms with Crippen LogP contribution in [0.25, 0.3) is 0 Å². The van der Waals surface area contributed by atoms with E-state index in [1.54, 1.807) is 0 Å². The first-order chi connectivity index (χ1) is 6.99. The molecular formula is C13H29NO. The minimum absolute atomic E-state index is 0.0217. The number of hydrogen-bond acceptors (Lipinski definition) is 2. The summed E-state index contributed by atoms with van der Waals surface area (Å²) >= 11 is 0. The van der Waals surface area contributed by atoms with E-state index in [2.05, 4.69) is 39.5 Å². The van der Waals surface area contributed by atoms with Crippen LogP contribution in [0.2, 0.25) is 0 Å². The summed E-state index contributed by atoms with van der Waals surface area (Å²) in [4.78, 5) is 2.51. The fourth-order valence-corrected chi connectivity index (χ4v) is 1.56. The summed E-state index contributed by atoms with van der Waals surface area (Å²) in [5.74, 6) is 0. The second-order valence-electron chi connectivity index (χ2n) is 5.10. The Morgan fingerprint density at radius 3 is 2.13 bits per heavy atom. The fourth-order valence-electron chi connectivity index (χ4n) is 1.56. The molecule has 0 aromatic carbocycles. The molecule has 92 valence electrons. The molecule has 0 rings (SSSR count). The second kappa shape index (κ2) is 8.12. The van der Waals surface area contributed by atoms with Crippen LogP contribution >= 0.6 is 0 Å². The molecule has 0 aliphatic heterocycles. The van der Waals surface area contributed by atoms with E-state index < -0.39 is 0 Å². The molecule has 0 saturated carbocycles. The van der Waals surface area contributed by atoms with Crippen LogP contribution in [0.3, 0.4) is 0 Å². The minimum atomic E-state index is 0.0217. The van der Waals surface area contributed by atoms with Crippen molar-refractivity contribution in [1.29, 1.82) is 0 Å². The topological polar surface area (TPSA) is 12.5 Å². The maximum absolute atomic E-state index is 5.69. The molecule has 0 bridgehead atoms. The van der Waals surface area contributed by atoms with Gasteiger partial charge in [0.15, 0.2) is 0 Å². The SMILES string of the molecule is CCCN(CC)CCCCOC(C)(C)C. The smallest absolute Gasteiger partial charge is 0.0598 e. The summed E-state index contributed by atoms with van der Waals surface area (Å²) < 4.78 is 5.69. The Hall–Kier alpha value is -0.0800. The van der Waals surface area contributed by atoms with E-state index in [1.165, 1.54) is 38.9 Å². The molecule has 0 aliphatic carbocycles. The lowest BCUT2D eigenvalue weighted by Gasteiger charge is -2.21. The number of rotatable bonds is 8. The molecule has 0 aliphatic rings. The molecule has 0 N–H and O–H groups in total. The monoisotopic (exact) mass is 215 g/mol. The molecule has 0 spiro atoms. The van der Waals surface area contributed by atoms with Gasteiger partial charge in [-0.15, -0.1) is 0 Å². The Morgan fingerprint density at radius 1 is 1.00 bits per heavy atom. The van der Waals surface area contributed by atoms with Crippen molar-refractivity contribution >= 4 is 0 Å². The van der Waals surface area contributed by atoms with Gasteiger partial charge in [0, 0.05) is 6.61 Å². The molecule has 0 radical (unpaired) electrons. The number of unbranched alkanes of at least 4 members (excludes halogenated alkanes) is 1.